The quantitative estimate of drug-likeness (QED) is 0.717. The van der Waals surface area contributed by atoms with Gasteiger partial charge in [0, 0.05) is 11.1 Å². The third kappa shape index (κ3) is 3.38. The fourth-order valence-electron chi connectivity index (χ4n) is 2.29. The molecule has 0 aliphatic carbocycles. The fourth-order valence-corrected chi connectivity index (χ4v) is 2.91. The lowest BCUT2D eigenvalue weighted by molar-refractivity contribution is 0.103. The van der Waals surface area contributed by atoms with Crippen molar-refractivity contribution in [3.8, 4) is 0 Å². The van der Waals surface area contributed by atoms with E-state index in [0.717, 1.165) is 5.56 Å². The van der Waals surface area contributed by atoms with Gasteiger partial charge < -0.3 is 5.32 Å². The summed E-state index contributed by atoms with van der Waals surface area (Å²) in [5.74, 6) is -0.304. The Morgan fingerprint density at radius 2 is 1.74 bits per heavy atom. The molecule has 1 heterocycles. The van der Waals surface area contributed by atoms with Crippen LogP contribution in [-0.4, -0.2) is 11.7 Å². The largest absolute Gasteiger partial charge is 0.321 e. The number of thiophene rings is 1. The number of ketones is 1. The highest BCUT2D eigenvalue weighted by Crippen LogP contribution is 2.22. The van der Waals surface area contributed by atoms with Crippen molar-refractivity contribution in [1.29, 1.82) is 0 Å². The molecule has 3 aromatic rings. The van der Waals surface area contributed by atoms with Crippen molar-refractivity contribution in [3.63, 3.8) is 0 Å². The average Bonchev–Trinajstić information content (AvgIpc) is 3.11. The van der Waals surface area contributed by atoms with Crippen LogP contribution in [0.3, 0.4) is 0 Å². The van der Waals surface area contributed by atoms with Gasteiger partial charge in [-0.1, -0.05) is 48.0 Å². The molecule has 0 unspecified atom stereocenters. The van der Waals surface area contributed by atoms with E-state index in [9.17, 15) is 9.59 Å². The van der Waals surface area contributed by atoms with Crippen LogP contribution in [0.2, 0.25) is 0 Å². The predicted molar refractivity (Wildman–Crippen MR) is 93.3 cm³/mol. The minimum absolute atomic E-state index is 0.101. The van der Waals surface area contributed by atoms with Gasteiger partial charge in [-0.3, -0.25) is 9.59 Å². The number of benzene rings is 2. The lowest BCUT2D eigenvalue weighted by Crippen LogP contribution is -2.14. The van der Waals surface area contributed by atoms with E-state index in [1.54, 1.807) is 30.3 Å². The van der Waals surface area contributed by atoms with Gasteiger partial charge in [-0.15, -0.1) is 11.3 Å². The van der Waals surface area contributed by atoms with Crippen LogP contribution in [0.4, 0.5) is 5.69 Å². The Kier molecular flexibility index (Phi) is 4.35. The van der Waals surface area contributed by atoms with Crippen molar-refractivity contribution in [3.05, 3.63) is 87.6 Å². The monoisotopic (exact) mass is 321 g/mol. The zero-order valence-electron chi connectivity index (χ0n) is 12.6. The molecule has 0 fully saturated rings. The highest BCUT2D eigenvalue weighted by atomic mass is 32.1. The maximum Gasteiger partial charge on any atom is 0.265 e. The summed E-state index contributed by atoms with van der Waals surface area (Å²) in [6.07, 6.45) is 0. The second-order valence-corrected chi connectivity index (χ2v) is 6.12. The van der Waals surface area contributed by atoms with E-state index in [-0.39, 0.29) is 11.7 Å². The molecule has 1 N–H and O–H groups in total. The Balaban J connectivity index is 1.95. The Morgan fingerprint density at radius 1 is 0.957 bits per heavy atom. The Bertz CT molecular complexity index is 839. The molecular weight excluding hydrogens is 306 g/mol. The van der Waals surface area contributed by atoms with E-state index in [4.69, 9.17) is 0 Å². The number of rotatable bonds is 4. The SMILES string of the molecule is Cc1ccc(NC(=O)c2cccs2)c(C(=O)c2ccccc2)c1. The number of carbonyl (C=O) groups excluding carboxylic acids is 2. The molecule has 0 spiro atoms. The third-order valence-electron chi connectivity index (χ3n) is 3.45. The molecule has 1 aromatic heterocycles. The molecule has 0 saturated carbocycles. The summed E-state index contributed by atoms with van der Waals surface area (Å²) in [6, 6.07) is 18.1. The van der Waals surface area contributed by atoms with Crippen LogP contribution in [0.5, 0.6) is 0 Å². The van der Waals surface area contributed by atoms with Crippen LogP contribution in [0.1, 0.15) is 31.2 Å². The van der Waals surface area contributed by atoms with Crippen molar-refractivity contribution in [2.45, 2.75) is 6.92 Å². The molecule has 2 aromatic carbocycles. The molecule has 114 valence electrons. The van der Waals surface area contributed by atoms with Crippen LogP contribution in [-0.2, 0) is 0 Å². The summed E-state index contributed by atoms with van der Waals surface area (Å²) in [5.41, 5.74) is 2.60. The minimum atomic E-state index is -0.203. The molecule has 1 amide bonds. The molecule has 0 aliphatic heterocycles. The normalized spacial score (nSPS) is 10.3. The van der Waals surface area contributed by atoms with Crippen LogP contribution in [0.25, 0.3) is 0 Å². The second-order valence-electron chi connectivity index (χ2n) is 5.18. The Labute approximate surface area is 138 Å². The zero-order chi connectivity index (χ0) is 16.2. The minimum Gasteiger partial charge on any atom is -0.321 e. The van der Waals surface area contributed by atoms with Crippen LogP contribution < -0.4 is 5.32 Å². The number of hydrogen-bond donors (Lipinski definition) is 1. The first-order valence-electron chi connectivity index (χ1n) is 7.20. The summed E-state index contributed by atoms with van der Waals surface area (Å²) < 4.78 is 0. The Hall–Kier alpha value is -2.72. The number of hydrogen-bond acceptors (Lipinski definition) is 3. The number of amides is 1. The highest BCUT2D eigenvalue weighted by molar-refractivity contribution is 7.12. The standard InChI is InChI=1S/C19H15NO2S/c1-13-9-10-16(20-19(22)17-8-5-11-23-17)15(12-13)18(21)14-6-3-2-4-7-14/h2-12H,1H3,(H,20,22). The summed E-state index contributed by atoms with van der Waals surface area (Å²) in [4.78, 5) is 25.6. The summed E-state index contributed by atoms with van der Waals surface area (Å²) in [5, 5.41) is 4.69. The van der Waals surface area contributed by atoms with Crippen molar-refractivity contribution in [2.24, 2.45) is 0 Å². The first-order chi connectivity index (χ1) is 11.1. The molecule has 0 bridgehead atoms. The maximum atomic E-state index is 12.7. The molecule has 23 heavy (non-hydrogen) atoms. The van der Waals surface area contributed by atoms with E-state index in [0.29, 0.717) is 21.7 Å². The molecule has 0 radical (unpaired) electrons. The van der Waals surface area contributed by atoms with Crippen molar-refractivity contribution >= 4 is 28.7 Å². The van der Waals surface area contributed by atoms with Crippen molar-refractivity contribution in [2.75, 3.05) is 5.32 Å². The number of aryl methyl sites for hydroxylation is 1. The first kappa shape index (κ1) is 15.2. The Morgan fingerprint density at radius 3 is 2.43 bits per heavy atom. The molecule has 4 heteroatoms. The number of anilines is 1. The maximum absolute atomic E-state index is 12.7. The van der Waals surface area contributed by atoms with Gasteiger partial charge in [0.25, 0.3) is 5.91 Å². The topological polar surface area (TPSA) is 46.2 Å². The molecule has 3 nitrogen and oxygen atoms in total. The highest BCUT2D eigenvalue weighted by Gasteiger charge is 2.16. The third-order valence-corrected chi connectivity index (χ3v) is 4.32. The van der Waals surface area contributed by atoms with Crippen molar-refractivity contribution < 1.29 is 9.59 Å². The van der Waals surface area contributed by atoms with Gasteiger partial charge in [0.1, 0.15) is 0 Å². The van der Waals surface area contributed by atoms with Gasteiger partial charge in [0.2, 0.25) is 0 Å². The van der Waals surface area contributed by atoms with E-state index in [1.807, 2.05) is 42.6 Å². The van der Waals surface area contributed by atoms with Gasteiger partial charge in [-0.2, -0.15) is 0 Å². The van der Waals surface area contributed by atoms with Crippen molar-refractivity contribution in [1.82, 2.24) is 0 Å². The lowest BCUT2D eigenvalue weighted by atomic mass is 9.99. The smallest absolute Gasteiger partial charge is 0.265 e. The van der Waals surface area contributed by atoms with Crippen LogP contribution >= 0.6 is 11.3 Å². The number of nitrogens with one attached hydrogen (secondary N) is 1. The second kappa shape index (κ2) is 6.58. The summed E-state index contributed by atoms with van der Waals surface area (Å²) >= 11 is 1.37. The predicted octanol–water partition coefficient (Wildman–Crippen LogP) is 4.54. The number of carbonyl (C=O) groups is 2. The van der Waals surface area contributed by atoms with E-state index < -0.39 is 0 Å². The lowest BCUT2D eigenvalue weighted by Gasteiger charge is -2.11. The zero-order valence-corrected chi connectivity index (χ0v) is 13.4. The van der Waals surface area contributed by atoms with Crippen LogP contribution in [0, 0.1) is 6.92 Å². The molecule has 0 saturated heterocycles. The molecule has 0 aliphatic rings. The van der Waals surface area contributed by atoms with Crippen LogP contribution in [0.15, 0.2) is 66.0 Å². The van der Waals surface area contributed by atoms with Gasteiger partial charge in [-0.05, 0) is 30.5 Å². The average molecular weight is 321 g/mol. The summed E-state index contributed by atoms with van der Waals surface area (Å²) in [7, 11) is 0. The van der Waals surface area contributed by atoms with E-state index >= 15 is 0 Å². The molecule has 3 rings (SSSR count). The van der Waals surface area contributed by atoms with Gasteiger partial charge >= 0.3 is 0 Å². The van der Waals surface area contributed by atoms with Gasteiger partial charge in [0.05, 0.1) is 10.6 Å². The van der Waals surface area contributed by atoms with E-state index in [1.165, 1.54) is 11.3 Å². The van der Waals surface area contributed by atoms with Gasteiger partial charge in [-0.25, -0.2) is 0 Å². The van der Waals surface area contributed by atoms with Gasteiger partial charge in [0.15, 0.2) is 5.78 Å². The summed E-state index contributed by atoms with van der Waals surface area (Å²) in [6.45, 7) is 1.92. The molecule has 0 atom stereocenters. The first-order valence-corrected chi connectivity index (χ1v) is 8.08. The fraction of sp³-hybridized carbons (Fsp3) is 0.0526. The molecular formula is C19H15NO2S. The van der Waals surface area contributed by atoms with E-state index in [2.05, 4.69) is 5.32 Å².